The van der Waals surface area contributed by atoms with Crippen LogP contribution in [-0.4, -0.2) is 32.9 Å². The molecule has 100 valence electrons. The van der Waals surface area contributed by atoms with Crippen LogP contribution < -0.4 is 10.6 Å². The maximum Gasteiger partial charge on any atom is 0.170 e. The zero-order valence-electron chi connectivity index (χ0n) is 10.9. The normalized spacial score (nSPS) is 11.6. The third-order valence-electron chi connectivity index (χ3n) is 2.72. The Morgan fingerprint density at radius 2 is 2.37 bits per heavy atom. The average Bonchev–Trinajstić information content (AvgIpc) is 2.83. The van der Waals surface area contributed by atoms with E-state index < -0.39 is 0 Å². The van der Waals surface area contributed by atoms with Crippen molar-refractivity contribution in [2.75, 3.05) is 11.9 Å². The number of hydrogen-bond acceptors (Lipinski definition) is 5. The number of oxime groups is 1. The van der Waals surface area contributed by atoms with E-state index in [-0.39, 0.29) is 5.84 Å². The van der Waals surface area contributed by atoms with Gasteiger partial charge < -0.3 is 15.8 Å². The monoisotopic (exact) mass is 260 g/mol. The first-order chi connectivity index (χ1) is 9.10. The Hall–Kier alpha value is -2.57. The molecule has 0 bridgehead atoms. The molecule has 7 nitrogen and oxygen atoms in total. The zero-order chi connectivity index (χ0) is 13.8. The van der Waals surface area contributed by atoms with Crippen molar-refractivity contribution >= 4 is 11.7 Å². The van der Waals surface area contributed by atoms with Crippen LogP contribution in [0.5, 0.6) is 0 Å². The van der Waals surface area contributed by atoms with E-state index in [1.54, 1.807) is 23.0 Å². The van der Waals surface area contributed by atoms with Gasteiger partial charge in [0.1, 0.15) is 5.82 Å². The first kappa shape index (κ1) is 12.9. The molecule has 0 saturated carbocycles. The molecule has 0 atom stereocenters. The Morgan fingerprint density at radius 1 is 1.58 bits per heavy atom. The summed E-state index contributed by atoms with van der Waals surface area (Å²) < 4.78 is 1.75. The molecule has 0 saturated heterocycles. The Labute approximate surface area is 111 Å². The highest BCUT2D eigenvalue weighted by molar-refractivity contribution is 5.97. The van der Waals surface area contributed by atoms with E-state index in [0.29, 0.717) is 12.1 Å². The van der Waals surface area contributed by atoms with Crippen molar-refractivity contribution in [3.05, 3.63) is 41.9 Å². The fraction of sp³-hybridized carbons (Fsp3) is 0.250. The van der Waals surface area contributed by atoms with Gasteiger partial charge in [0.15, 0.2) is 5.84 Å². The first-order valence-corrected chi connectivity index (χ1v) is 5.73. The second-order valence-corrected chi connectivity index (χ2v) is 4.27. The van der Waals surface area contributed by atoms with Gasteiger partial charge in [-0.05, 0) is 12.1 Å². The lowest BCUT2D eigenvalue weighted by Crippen LogP contribution is -2.19. The molecule has 2 aromatic heterocycles. The number of hydrogen-bond donors (Lipinski definition) is 2. The molecule has 0 aliphatic heterocycles. The van der Waals surface area contributed by atoms with Crippen LogP contribution in [0.25, 0.3) is 0 Å². The highest BCUT2D eigenvalue weighted by atomic mass is 16.4. The molecule has 0 aromatic carbocycles. The van der Waals surface area contributed by atoms with Gasteiger partial charge in [-0.15, -0.1) is 0 Å². The van der Waals surface area contributed by atoms with E-state index in [1.165, 1.54) is 0 Å². The summed E-state index contributed by atoms with van der Waals surface area (Å²) in [5.41, 5.74) is 7.27. The topological polar surface area (TPSA) is 92.6 Å². The van der Waals surface area contributed by atoms with Crippen molar-refractivity contribution in [2.24, 2.45) is 17.9 Å². The smallest absolute Gasteiger partial charge is 0.170 e. The van der Waals surface area contributed by atoms with Crippen LogP contribution >= 0.6 is 0 Å². The number of aromatic nitrogens is 3. The van der Waals surface area contributed by atoms with E-state index in [0.717, 1.165) is 11.4 Å². The van der Waals surface area contributed by atoms with Crippen LogP contribution in [0, 0.1) is 0 Å². The van der Waals surface area contributed by atoms with Crippen molar-refractivity contribution in [2.45, 2.75) is 6.54 Å². The Kier molecular flexibility index (Phi) is 3.65. The summed E-state index contributed by atoms with van der Waals surface area (Å²) in [5.74, 6) is 0.811. The Morgan fingerprint density at radius 3 is 3.00 bits per heavy atom. The molecule has 0 aliphatic carbocycles. The minimum atomic E-state index is 0.0680. The molecule has 0 spiro atoms. The maximum absolute atomic E-state index is 8.67. The van der Waals surface area contributed by atoms with Crippen molar-refractivity contribution in [3.8, 4) is 0 Å². The van der Waals surface area contributed by atoms with Gasteiger partial charge in [-0.3, -0.25) is 4.68 Å². The number of aryl methyl sites for hydroxylation is 1. The fourth-order valence-electron chi connectivity index (χ4n) is 1.75. The molecule has 3 N–H and O–H groups in total. The molecule has 7 heteroatoms. The Bertz CT molecular complexity index is 591. The SMILES string of the molecule is CN(Cc1cnn(C)c1)c1cc(C(N)=NO)ccn1. The second-order valence-electron chi connectivity index (χ2n) is 4.27. The highest BCUT2D eigenvalue weighted by Gasteiger charge is 2.07. The van der Waals surface area contributed by atoms with E-state index >= 15 is 0 Å². The molecule has 0 amide bonds. The van der Waals surface area contributed by atoms with Gasteiger partial charge in [0.05, 0.1) is 6.20 Å². The summed E-state index contributed by atoms with van der Waals surface area (Å²) in [4.78, 5) is 6.23. The van der Waals surface area contributed by atoms with Gasteiger partial charge in [0.2, 0.25) is 0 Å². The predicted molar refractivity (Wildman–Crippen MR) is 72.1 cm³/mol. The van der Waals surface area contributed by atoms with Crippen LogP contribution in [0.4, 0.5) is 5.82 Å². The minimum Gasteiger partial charge on any atom is -0.409 e. The number of nitrogens with two attached hydrogens (primary N) is 1. The third-order valence-corrected chi connectivity index (χ3v) is 2.72. The van der Waals surface area contributed by atoms with Crippen molar-refractivity contribution in [1.29, 1.82) is 0 Å². The highest BCUT2D eigenvalue weighted by Crippen LogP contribution is 2.13. The van der Waals surface area contributed by atoms with E-state index in [2.05, 4.69) is 15.2 Å². The lowest BCUT2D eigenvalue weighted by Gasteiger charge is -2.17. The number of pyridine rings is 1. The molecule has 2 rings (SSSR count). The first-order valence-electron chi connectivity index (χ1n) is 5.73. The molecule has 0 fully saturated rings. The van der Waals surface area contributed by atoms with Gasteiger partial charge in [0, 0.05) is 44.2 Å². The van der Waals surface area contributed by atoms with Gasteiger partial charge in [-0.25, -0.2) is 4.98 Å². The van der Waals surface area contributed by atoms with Gasteiger partial charge in [-0.2, -0.15) is 5.10 Å². The minimum absolute atomic E-state index is 0.0680. The van der Waals surface area contributed by atoms with Crippen LogP contribution in [0.1, 0.15) is 11.1 Å². The lowest BCUT2D eigenvalue weighted by molar-refractivity contribution is 0.318. The quantitative estimate of drug-likeness (QED) is 0.362. The third kappa shape index (κ3) is 3.01. The van der Waals surface area contributed by atoms with Gasteiger partial charge >= 0.3 is 0 Å². The van der Waals surface area contributed by atoms with Gasteiger partial charge in [-0.1, -0.05) is 5.16 Å². The molecular weight excluding hydrogens is 244 g/mol. The van der Waals surface area contributed by atoms with Crippen LogP contribution in [-0.2, 0) is 13.6 Å². The van der Waals surface area contributed by atoms with Gasteiger partial charge in [0.25, 0.3) is 0 Å². The van der Waals surface area contributed by atoms with E-state index in [9.17, 15) is 0 Å². The standard InChI is InChI=1S/C12H16N6O/c1-17(7-9-6-15-18(2)8-9)11-5-10(3-4-14-11)12(13)16-19/h3-6,8,19H,7H2,1-2H3,(H2,13,16). The molecule has 19 heavy (non-hydrogen) atoms. The summed E-state index contributed by atoms with van der Waals surface area (Å²) in [6, 6.07) is 3.46. The fourth-order valence-corrected chi connectivity index (χ4v) is 1.75. The van der Waals surface area contributed by atoms with E-state index in [1.807, 2.05) is 31.4 Å². The van der Waals surface area contributed by atoms with Crippen molar-refractivity contribution in [1.82, 2.24) is 14.8 Å². The number of amidine groups is 1. The lowest BCUT2D eigenvalue weighted by atomic mass is 10.2. The molecule has 2 heterocycles. The number of nitrogens with zero attached hydrogens (tertiary/aromatic N) is 5. The van der Waals surface area contributed by atoms with Crippen molar-refractivity contribution < 1.29 is 5.21 Å². The number of anilines is 1. The largest absolute Gasteiger partial charge is 0.409 e. The summed E-state index contributed by atoms with van der Waals surface area (Å²) in [6.45, 7) is 0.681. The average molecular weight is 260 g/mol. The Balaban J connectivity index is 2.17. The molecular formula is C12H16N6O. The molecule has 0 aliphatic rings. The zero-order valence-corrected chi connectivity index (χ0v) is 10.9. The molecule has 0 unspecified atom stereocenters. The van der Waals surface area contributed by atoms with Crippen molar-refractivity contribution in [3.63, 3.8) is 0 Å². The summed E-state index contributed by atoms with van der Waals surface area (Å²) >= 11 is 0. The number of rotatable bonds is 4. The maximum atomic E-state index is 8.67. The second kappa shape index (κ2) is 5.38. The molecule has 2 aromatic rings. The predicted octanol–water partition coefficient (Wildman–Crippen LogP) is 0.546. The van der Waals surface area contributed by atoms with E-state index in [4.69, 9.17) is 10.9 Å². The summed E-state index contributed by atoms with van der Waals surface area (Å²) in [7, 11) is 3.80. The molecule has 0 radical (unpaired) electrons. The summed E-state index contributed by atoms with van der Waals surface area (Å²) in [5, 5.41) is 15.8. The van der Waals surface area contributed by atoms with Crippen LogP contribution in [0.15, 0.2) is 35.9 Å². The van der Waals surface area contributed by atoms with Crippen LogP contribution in [0.2, 0.25) is 0 Å². The summed E-state index contributed by atoms with van der Waals surface area (Å²) in [6.07, 6.45) is 5.39. The van der Waals surface area contributed by atoms with Crippen LogP contribution in [0.3, 0.4) is 0 Å².